The molecule has 2 aromatic rings. The zero-order valence-electron chi connectivity index (χ0n) is 16.3. The fourth-order valence-electron chi connectivity index (χ4n) is 3.63. The first-order valence-electron chi connectivity index (χ1n) is 9.51. The molecule has 4 rings (SSSR count). The summed E-state index contributed by atoms with van der Waals surface area (Å²) in [7, 11) is 1.40. The van der Waals surface area contributed by atoms with E-state index in [2.05, 4.69) is 5.32 Å². The van der Waals surface area contributed by atoms with E-state index in [-0.39, 0.29) is 28.7 Å². The highest BCUT2D eigenvalue weighted by molar-refractivity contribution is 6.32. The number of methoxy groups -OCH3 is 1. The summed E-state index contributed by atoms with van der Waals surface area (Å²) in [4.78, 5) is 23.7. The minimum atomic E-state index is -0.655. The molecule has 2 aromatic carbocycles. The van der Waals surface area contributed by atoms with Crippen molar-refractivity contribution in [2.24, 2.45) is 5.73 Å². The maximum Gasteiger partial charge on any atom is 0.255 e. The second-order valence-corrected chi connectivity index (χ2v) is 7.59. The zero-order valence-corrected chi connectivity index (χ0v) is 17.1. The van der Waals surface area contributed by atoms with Crippen molar-refractivity contribution >= 4 is 29.1 Å². The number of carbonyl (C=O) groups excluding carboxylic acids is 2. The molecule has 0 atom stereocenters. The number of carbonyl (C=O) groups is 2. The molecule has 2 aliphatic rings. The molecule has 0 unspecified atom stereocenters. The third-order valence-corrected chi connectivity index (χ3v) is 5.29. The Balaban J connectivity index is 1.51. The number of anilines is 1. The van der Waals surface area contributed by atoms with Gasteiger partial charge in [-0.2, -0.15) is 0 Å². The van der Waals surface area contributed by atoms with Crippen LogP contribution in [0.1, 0.15) is 36.0 Å². The molecule has 30 heavy (non-hydrogen) atoms. The van der Waals surface area contributed by atoms with Gasteiger partial charge in [0.1, 0.15) is 0 Å². The average molecular weight is 433 g/mol. The molecular formula is C21H21ClN2O6. The highest BCUT2D eigenvalue weighted by Crippen LogP contribution is 2.47. The summed E-state index contributed by atoms with van der Waals surface area (Å²) in [6.07, 6.45) is 3.84. The Hall–Kier alpha value is -3.13. The number of benzene rings is 2. The van der Waals surface area contributed by atoms with Crippen LogP contribution in [0.4, 0.5) is 5.69 Å². The average Bonchev–Trinajstić information content (AvgIpc) is 3.31. The van der Waals surface area contributed by atoms with Crippen LogP contribution in [0.3, 0.4) is 0 Å². The van der Waals surface area contributed by atoms with E-state index in [9.17, 15) is 9.59 Å². The predicted octanol–water partition coefficient (Wildman–Crippen LogP) is 3.51. The lowest BCUT2D eigenvalue weighted by Crippen LogP contribution is -2.34. The molecule has 1 fully saturated rings. The Labute approximate surface area is 178 Å². The number of hydrogen-bond donors (Lipinski definition) is 2. The SMILES string of the molecule is COc1cc(C(=O)Nc2ccc3c(c2)OC2(CCCC2)O3)cc(Cl)c1OCC(N)=O. The van der Waals surface area contributed by atoms with Gasteiger partial charge in [0.25, 0.3) is 17.6 Å². The molecule has 8 nitrogen and oxygen atoms in total. The van der Waals surface area contributed by atoms with Gasteiger partial charge in [-0.05, 0) is 37.1 Å². The Bertz CT molecular complexity index is 1000. The van der Waals surface area contributed by atoms with Crippen molar-refractivity contribution in [2.75, 3.05) is 19.0 Å². The first kappa shape index (κ1) is 20.2. The lowest BCUT2D eigenvalue weighted by molar-refractivity contribution is -0.119. The van der Waals surface area contributed by atoms with Crippen molar-refractivity contribution in [1.29, 1.82) is 0 Å². The molecular weight excluding hydrogens is 412 g/mol. The van der Waals surface area contributed by atoms with Gasteiger partial charge >= 0.3 is 0 Å². The van der Waals surface area contributed by atoms with Crippen molar-refractivity contribution in [1.82, 2.24) is 0 Å². The molecule has 2 amide bonds. The largest absolute Gasteiger partial charge is 0.493 e. The van der Waals surface area contributed by atoms with Gasteiger partial charge in [-0.15, -0.1) is 0 Å². The summed E-state index contributed by atoms with van der Waals surface area (Å²) in [5, 5.41) is 2.93. The Morgan fingerprint density at radius 1 is 1.17 bits per heavy atom. The fraction of sp³-hybridized carbons (Fsp3) is 0.333. The number of fused-ring (bicyclic) bond motifs is 1. The molecule has 0 bridgehead atoms. The summed E-state index contributed by atoms with van der Waals surface area (Å²) in [5.74, 6) is 0.0218. The molecule has 1 aliphatic heterocycles. The summed E-state index contributed by atoms with van der Waals surface area (Å²) < 4.78 is 22.5. The maximum atomic E-state index is 12.7. The van der Waals surface area contributed by atoms with E-state index in [4.69, 9.17) is 36.3 Å². The topological polar surface area (TPSA) is 109 Å². The highest BCUT2D eigenvalue weighted by Gasteiger charge is 2.44. The van der Waals surface area contributed by atoms with Gasteiger partial charge in [-0.25, -0.2) is 0 Å². The zero-order chi connectivity index (χ0) is 21.3. The lowest BCUT2D eigenvalue weighted by atomic mass is 10.1. The fourth-order valence-corrected chi connectivity index (χ4v) is 3.89. The van der Waals surface area contributed by atoms with Crippen molar-refractivity contribution < 1.29 is 28.5 Å². The summed E-state index contributed by atoms with van der Waals surface area (Å²) >= 11 is 6.22. The monoisotopic (exact) mass is 432 g/mol. The molecule has 158 valence electrons. The number of nitrogens with one attached hydrogen (secondary N) is 1. The number of hydrogen-bond acceptors (Lipinski definition) is 6. The minimum absolute atomic E-state index is 0.120. The summed E-state index contributed by atoms with van der Waals surface area (Å²) in [6.45, 7) is -0.361. The number of ether oxygens (including phenoxy) is 4. The van der Waals surface area contributed by atoms with Crippen molar-refractivity contribution in [2.45, 2.75) is 31.5 Å². The number of amides is 2. The number of nitrogens with two attached hydrogens (primary N) is 1. The normalized spacial score (nSPS) is 15.8. The summed E-state index contributed by atoms with van der Waals surface area (Å²) in [5.41, 5.74) is 5.91. The second-order valence-electron chi connectivity index (χ2n) is 7.18. The maximum absolute atomic E-state index is 12.7. The number of rotatable bonds is 6. The first-order valence-corrected chi connectivity index (χ1v) is 9.89. The van der Waals surface area contributed by atoms with E-state index in [0.29, 0.717) is 17.2 Å². The van der Waals surface area contributed by atoms with Crippen LogP contribution in [0.5, 0.6) is 23.0 Å². The van der Waals surface area contributed by atoms with E-state index in [0.717, 1.165) is 25.7 Å². The van der Waals surface area contributed by atoms with E-state index in [1.165, 1.54) is 19.2 Å². The van der Waals surface area contributed by atoms with E-state index < -0.39 is 17.6 Å². The predicted molar refractivity (Wildman–Crippen MR) is 110 cm³/mol. The second kappa shape index (κ2) is 7.95. The molecule has 0 aromatic heterocycles. The lowest BCUT2D eigenvalue weighted by Gasteiger charge is -2.21. The third kappa shape index (κ3) is 3.95. The van der Waals surface area contributed by atoms with Crippen molar-refractivity contribution in [3.05, 3.63) is 40.9 Å². The molecule has 1 spiro atoms. The molecule has 0 saturated heterocycles. The van der Waals surface area contributed by atoms with E-state index in [1.807, 2.05) is 0 Å². The van der Waals surface area contributed by atoms with Crippen molar-refractivity contribution in [3.8, 4) is 23.0 Å². The van der Waals surface area contributed by atoms with Gasteiger partial charge < -0.3 is 30.0 Å². The molecule has 1 heterocycles. The van der Waals surface area contributed by atoms with Gasteiger partial charge in [0.05, 0.1) is 12.1 Å². The van der Waals surface area contributed by atoms with Crippen LogP contribution in [0.25, 0.3) is 0 Å². The summed E-state index contributed by atoms with van der Waals surface area (Å²) in [6, 6.07) is 8.17. The van der Waals surface area contributed by atoms with Crippen LogP contribution in [0, 0.1) is 0 Å². The molecule has 0 radical (unpaired) electrons. The van der Waals surface area contributed by atoms with Crippen LogP contribution in [0.2, 0.25) is 5.02 Å². The van der Waals surface area contributed by atoms with E-state index in [1.54, 1.807) is 18.2 Å². The number of primary amides is 1. The minimum Gasteiger partial charge on any atom is -0.493 e. The van der Waals surface area contributed by atoms with Gasteiger partial charge in [-0.3, -0.25) is 9.59 Å². The molecule has 9 heteroatoms. The molecule has 1 aliphatic carbocycles. The molecule has 1 saturated carbocycles. The van der Waals surface area contributed by atoms with Crippen LogP contribution in [0.15, 0.2) is 30.3 Å². The smallest absolute Gasteiger partial charge is 0.255 e. The number of halogens is 1. The van der Waals surface area contributed by atoms with Crippen LogP contribution >= 0.6 is 11.6 Å². The van der Waals surface area contributed by atoms with Gasteiger partial charge in [0.15, 0.2) is 29.6 Å². The standard InChI is InChI=1S/C21H21ClN2O6/c1-27-17-9-12(8-14(22)19(17)28-11-18(23)25)20(26)24-13-4-5-15-16(10-13)30-21(29-15)6-2-3-7-21/h4-5,8-10H,2-3,6-7,11H2,1H3,(H2,23,25)(H,24,26). The highest BCUT2D eigenvalue weighted by atomic mass is 35.5. The van der Waals surface area contributed by atoms with Gasteiger partial charge in [0, 0.05) is 30.2 Å². The van der Waals surface area contributed by atoms with Gasteiger partial charge in [0.2, 0.25) is 0 Å². The first-order chi connectivity index (χ1) is 14.4. The molecule has 3 N–H and O–H groups in total. The van der Waals surface area contributed by atoms with Gasteiger partial charge in [-0.1, -0.05) is 11.6 Å². The Morgan fingerprint density at radius 3 is 2.60 bits per heavy atom. The van der Waals surface area contributed by atoms with Crippen LogP contribution in [-0.2, 0) is 4.79 Å². The Morgan fingerprint density at radius 2 is 1.90 bits per heavy atom. The van der Waals surface area contributed by atoms with Crippen molar-refractivity contribution in [3.63, 3.8) is 0 Å². The Kier molecular flexibility index (Phi) is 5.34. The third-order valence-electron chi connectivity index (χ3n) is 5.01. The van der Waals surface area contributed by atoms with E-state index >= 15 is 0 Å². The quantitative estimate of drug-likeness (QED) is 0.723. The van der Waals surface area contributed by atoms with Crippen LogP contribution in [-0.4, -0.2) is 31.3 Å². The van der Waals surface area contributed by atoms with Crippen LogP contribution < -0.4 is 30.0 Å².